The number of aryl methyl sites for hydroxylation is 1. The topological polar surface area (TPSA) is 37.3 Å². The maximum absolute atomic E-state index is 11.3. The molecular formula is C12H15BrO2. The standard InChI is InChI=1S/C12H15BrO2/c1-2-9-4-3-5-10(12(9)8-14)6-11(15)7-13/h3-5,14H,2,6-8H2,1H3. The van der Waals surface area contributed by atoms with E-state index in [1.54, 1.807) is 0 Å². The summed E-state index contributed by atoms with van der Waals surface area (Å²) < 4.78 is 0. The minimum atomic E-state index is 0.00884. The normalized spacial score (nSPS) is 10.3. The first-order valence-electron chi connectivity index (χ1n) is 5.01. The second kappa shape index (κ2) is 6.03. The Morgan fingerprint density at radius 1 is 1.40 bits per heavy atom. The lowest BCUT2D eigenvalue weighted by atomic mass is 9.97. The van der Waals surface area contributed by atoms with E-state index in [4.69, 9.17) is 0 Å². The van der Waals surface area contributed by atoms with E-state index in [0.29, 0.717) is 11.8 Å². The number of aliphatic hydroxyl groups is 1. The molecule has 1 N–H and O–H groups in total. The highest BCUT2D eigenvalue weighted by atomic mass is 79.9. The molecule has 0 saturated carbocycles. The van der Waals surface area contributed by atoms with Crippen LogP contribution in [-0.4, -0.2) is 16.2 Å². The highest BCUT2D eigenvalue weighted by Gasteiger charge is 2.09. The number of ketones is 1. The monoisotopic (exact) mass is 270 g/mol. The number of hydrogen-bond donors (Lipinski definition) is 1. The molecule has 0 aliphatic rings. The largest absolute Gasteiger partial charge is 0.392 e. The van der Waals surface area contributed by atoms with Gasteiger partial charge in [-0.05, 0) is 23.1 Å². The SMILES string of the molecule is CCc1cccc(CC(=O)CBr)c1CO. The highest BCUT2D eigenvalue weighted by molar-refractivity contribution is 9.09. The van der Waals surface area contributed by atoms with Crippen molar-refractivity contribution in [3.63, 3.8) is 0 Å². The molecule has 0 aromatic heterocycles. The van der Waals surface area contributed by atoms with Crippen LogP contribution in [0.15, 0.2) is 18.2 Å². The minimum Gasteiger partial charge on any atom is -0.392 e. The fourth-order valence-corrected chi connectivity index (χ4v) is 1.85. The van der Waals surface area contributed by atoms with Gasteiger partial charge in [-0.15, -0.1) is 0 Å². The van der Waals surface area contributed by atoms with E-state index in [1.807, 2.05) is 25.1 Å². The summed E-state index contributed by atoms with van der Waals surface area (Å²) in [4.78, 5) is 11.3. The number of carbonyl (C=O) groups excluding carboxylic acids is 1. The van der Waals surface area contributed by atoms with Crippen molar-refractivity contribution in [2.75, 3.05) is 5.33 Å². The van der Waals surface area contributed by atoms with Gasteiger partial charge in [0.25, 0.3) is 0 Å². The van der Waals surface area contributed by atoms with Crippen molar-refractivity contribution in [1.82, 2.24) is 0 Å². The molecule has 82 valence electrons. The number of hydrogen-bond acceptors (Lipinski definition) is 2. The van der Waals surface area contributed by atoms with Crippen LogP contribution in [0.5, 0.6) is 0 Å². The smallest absolute Gasteiger partial charge is 0.147 e. The lowest BCUT2D eigenvalue weighted by Crippen LogP contribution is -2.07. The highest BCUT2D eigenvalue weighted by Crippen LogP contribution is 2.16. The van der Waals surface area contributed by atoms with Gasteiger partial charge in [0, 0.05) is 6.42 Å². The van der Waals surface area contributed by atoms with Crippen molar-refractivity contribution in [1.29, 1.82) is 0 Å². The van der Waals surface area contributed by atoms with Crippen molar-refractivity contribution in [3.8, 4) is 0 Å². The Hall–Kier alpha value is -0.670. The maximum atomic E-state index is 11.3. The summed E-state index contributed by atoms with van der Waals surface area (Å²) in [7, 11) is 0. The molecular weight excluding hydrogens is 256 g/mol. The number of carbonyl (C=O) groups is 1. The van der Waals surface area contributed by atoms with Crippen molar-refractivity contribution >= 4 is 21.7 Å². The van der Waals surface area contributed by atoms with Crippen LogP contribution in [0.3, 0.4) is 0 Å². The molecule has 1 rings (SSSR count). The number of halogens is 1. The third-order valence-electron chi connectivity index (χ3n) is 2.45. The van der Waals surface area contributed by atoms with Crippen LogP contribution in [-0.2, 0) is 24.2 Å². The van der Waals surface area contributed by atoms with Gasteiger partial charge < -0.3 is 5.11 Å². The molecule has 0 fully saturated rings. The third kappa shape index (κ3) is 3.14. The lowest BCUT2D eigenvalue weighted by molar-refractivity contribution is -0.115. The Bertz CT molecular complexity index is 347. The van der Waals surface area contributed by atoms with Gasteiger partial charge in [0.15, 0.2) is 0 Å². The maximum Gasteiger partial charge on any atom is 0.147 e. The van der Waals surface area contributed by atoms with Gasteiger partial charge in [-0.3, -0.25) is 4.79 Å². The van der Waals surface area contributed by atoms with E-state index >= 15 is 0 Å². The van der Waals surface area contributed by atoms with Crippen LogP contribution in [0.1, 0.15) is 23.6 Å². The van der Waals surface area contributed by atoms with Crippen LogP contribution in [0.4, 0.5) is 0 Å². The van der Waals surface area contributed by atoms with E-state index in [2.05, 4.69) is 15.9 Å². The Kier molecular flexibility index (Phi) is 4.99. The van der Waals surface area contributed by atoms with Crippen molar-refractivity contribution in [2.24, 2.45) is 0 Å². The fraction of sp³-hybridized carbons (Fsp3) is 0.417. The molecule has 1 aromatic carbocycles. The Morgan fingerprint density at radius 3 is 2.60 bits per heavy atom. The number of Topliss-reactive ketones (excluding diaryl/α,β-unsaturated/α-hetero) is 1. The average Bonchev–Trinajstić information content (AvgIpc) is 2.28. The van der Waals surface area contributed by atoms with E-state index < -0.39 is 0 Å². The molecule has 1 aromatic rings. The van der Waals surface area contributed by atoms with E-state index in [0.717, 1.165) is 23.1 Å². The molecule has 0 spiro atoms. The van der Waals surface area contributed by atoms with Gasteiger partial charge >= 0.3 is 0 Å². The van der Waals surface area contributed by atoms with Crippen LogP contribution in [0.25, 0.3) is 0 Å². The number of rotatable bonds is 5. The molecule has 0 amide bonds. The van der Waals surface area contributed by atoms with Crippen LogP contribution in [0.2, 0.25) is 0 Å². The molecule has 0 aliphatic carbocycles. The Morgan fingerprint density at radius 2 is 2.07 bits per heavy atom. The van der Waals surface area contributed by atoms with Gasteiger partial charge in [0.1, 0.15) is 5.78 Å². The van der Waals surface area contributed by atoms with Gasteiger partial charge in [-0.25, -0.2) is 0 Å². The van der Waals surface area contributed by atoms with Gasteiger partial charge in [0.2, 0.25) is 0 Å². The summed E-state index contributed by atoms with van der Waals surface area (Å²) in [6.07, 6.45) is 1.28. The number of alkyl halides is 1. The van der Waals surface area contributed by atoms with Gasteiger partial charge in [-0.2, -0.15) is 0 Å². The first-order chi connectivity index (χ1) is 7.22. The number of benzene rings is 1. The van der Waals surface area contributed by atoms with E-state index in [9.17, 15) is 9.90 Å². The molecule has 0 radical (unpaired) electrons. The zero-order valence-electron chi connectivity index (χ0n) is 8.79. The Labute approximate surface area is 98.4 Å². The van der Waals surface area contributed by atoms with E-state index in [-0.39, 0.29) is 12.4 Å². The minimum absolute atomic E-state index is 0.00884. The predicted octanol–water partition coefficient (Wildman–Crippen LogP) is 2.25. The summed E-state index contributed by atoms with van der Waals surface area (Å²) in [5, 5.41) is 9.66. The summed E-state index contributed by atoms with van der Waals surface area (Å²) in [6, 6.07) is 5.84. The second-order valence-electron chi connectivity index (χ2n) is 3.42. The first-order valence-corrected chi connectivity index (χ1v) is 6.13. The molecule has 0 bridgehead atoms. The number of aliphatic hydroxyl groups excluding tert-OH is 1. The molecule has 0 heterocycles. The second-order valence-corrected chi connectivity index (χ2v) is 3.98. The molecule has 0 unspecified atom stereocenters. The van der Waals surface area contributed by atoms with Crippen LogP contribution in [0, 0.1) is 0 Å². The van der Waals surface area contributed by atoms with Crippen LogP contribution >= 0.6 is 15.9 Å². The molecule has 15 heavy (non-hydrogen) atoms. The molecule has 0 aliphatic heterocycles. The van der Waals surface area contributed by atoms with Crippen molar-refractivity contribution in [3.05, 3.63) is 34.9 Å². The van der Waals surface area contributed by atoms with E-state index in [1.165, 1.54) is 0 Å². The van der Waals surface area contributed by atoms with Crippen LogP contribution < -0.4 is 0 Å². The molecule has 0 saturated heterocycles. The molecule has 3 heteroatoms. The fourth-order valence-electron chi connectivity index (χ4n) is 1.65. The quantitative estimate of drug-likeness (QED) is 0.834. The summed E-state index contributed by atoms with van der Waals surface area (Å²) in [5.41, 5.74) is 2.98. The zero-order chi connectivity index (χ0) is 11.3. The summed E-state index contributed by atoms with van der Waals surface area (Å²) in [6.45, 7) is 2.06. The van der Waals surface area contributed by atoms with Crippen molar-refractivity contribution < 1.29 is 9.90 Å². The molecule has 2 nitrogen and oxygen atoms in total. The zero-order valence-corrected chi connectivity index (χ0v) is 10.4. The Balaban J connectivity index is 3.00. The van der Waals surface area contributed by atoms with Gasteiger partial charge in [-0.1, -0.05) is 41.1 Å². The third-order valence-corrected chi connectivity index (χ3v) is 3.07. The first kappa shape index (κ1) is 12.4. The summed E-state index contributed by atoms with van der Waals surface area (Å²) >= 11 is 3.14. The van der Waals surface area contributed by atoms with Crippen molar-refractivity contribution in [2.45, 2.75) is 26.4 Å². The summed E-state index contributed by atoms with van der Waals surface area (Å²) in [5.74, 6) is 0.137. The predicted molar refractivity (Wildman–Crippen MR) is 64.2 cm³/mol. The van der Waals surface area contributed by atoms with Gasteiger partial charge in [0.05, 0.1) is 11.9 Å². The lowest BCUT2D eigenvalue weighted by Gasteiger charge is -2.10. The molecule has 0 atom stereocenters. The average molecular weight is 271 g/mol.